The Kier molecular flexibility index (Phi) is 5.27. The summed E-state index contributed by atoms with van der Waals surface area (Å²) in [6.45, 7) is 1.81. The summed E-state index contributed by atoms with van der Waals surface area (Å²) in [7, 11) is -2.54. The van der Waals surface area contributed by atoms with Crippen molar-refractivity contribution in [3.8, 4) is 11.5 Å². The fourth-order valence-corrected chi connectivity index (χ4v) is 5.15. The Hall–Kier alpha value is -3.24. The Morgan fingerprint density at radius 1 is 1.13 bits per heavy atom. The predicted molar refractivity (Wildman–Crippen MR) is 115 cm³/mol. The first-order valence-electron chi connectivity index (χ1n) is 8.84. The zero-order valence-electron chi connectivity index (χ0n) is 16.1. The Labute approximate surface area is 177 Å². The van der Waals surface area contributed by atoms with Crippen LogP contribution in [0.5, 0.6) is 11.5 Å². The zero-order valence-corrected chi connectivity index (χ0v) is 17.7. The highest BCUT2D eigenvalue weighted by molar-refractivity contribution is 7.99. The molecule has 0 amide bonds. The highest BCUT2D eigenvalue weighted by Crippen LogP contribution is 2.42. The molecule has 0 saturated heterocycles. The van der Waals surface area contributed by atoms with Gasteiger partial charge in [-0.2, -0.15) is 5.10 Å². The number of aromatic amines is 1. The second-order valence-electron chi connectivity index (χ2n) is 6.47. The number of anilines is 1. The van der Waals surface area contributed by atoms with E-state index in [1.165, 1.54) is 13.4 Å². The molecule has 3 N–H and O–H groups in total. The van der Waals surface area contributed by atoms with Gasteiger partial charge in [-0.1, -0.05) is 30.3 Å². The number of fused-ring (bicyclic) bond motifs is 1. The van der Waals surface area contributed by atoms with Gasteiger partial charge in [-0.3, -0.25) is 9.82 Å². The second kappa shape index (κ2) is 7.88. The molecule has 4 aromatic rings. The van der Waals surface area contributed by atoms with Gasteiger partial charge in [0.15, 0.2) is 5.16 Å². The highest BCUT2D eigenvalue weighted by Gasteiger charge is 2.22. The molecule has 154 valence electrons. The summed E-state index contributed by atoms with van der Waals surface area (Å²) in [6, 6.07) is 13.5. The van der Waals surface area contributed by atoms with E-state index in [9.17, 15) is 13.5 Å². The van der Waals surface area contributed by atoms with E-state index in [1.54, 1.807) is 55.5 Å². The molecule has 0 unspecified atom stereocenters. The quantitative estimate of drug-likeness (QED) is 0.387. The molecule has 8 nitrogen and oxygen atoms in total. The number of methoxy groups -OCH3 is 1. The fraction of sp³-hybridized carbons (Fsp3) is 0.100. The number of aryl methyl sites for hydroxylation is 1. The van der Waals surface area contributed by atoms with Crippen LogP contribution in [0.15, 0.2) is 69.8 Å². The molecule has 0 saturated carbocycles. The predicted octanol–water partition coefficient (Wildman–Crippen LogP) is 3.93. The Bertz CT molecular complexity index is 1320. The summed E-state index contributed by atoms with van der Waals surface area (Å²) in [5.74, 6) is 0.274. The number of hydrogen-bond acceptors (Lipinski definition) is 7. The molecule has 0 fully saturated rings. The molecule has 3 aromatic carbocycles. The van der Waals surface area contributed by atoms with E-state index < -0.39 is 10.0 Å². The van der Waals surface area contributed by atoms with Gasteiger partial charge in [0.2, 0.25) is 0 Å². The number of hydrogen-bond donors (Lipinski definition) is 3. The van der Waals surface area contributed by atoms with Crippen molar-refractivity contribution in [1.29, 1.82) is 0 Å². The molecule has 4 rings (SSSR count). The molecule has 0 radical (unpaired) electrons. The lowest BCUT2D eigenvalue weighted by atomic mass is 10.1. The summed E-state index contributed by atoms with van der Waals surface area (Å²) in [5.41, 5.74) is 1.11. The number of nitrogens with one attached hydrogen (secondary N) is 2. The van der Waals surface area contributed by atoms with Gasteiger partial charge in [-0.15, -0.1) is 0 Å². The molecule has 0 aliphatic rings. The summed E-state index contributed by atoms with van der Waals surface area (Å²) in [4.78, 5) is 4.51. The number of benzene rings is 3. The largest absolute Gasteiger partial charge is 0.506 e. The van der Waals surface area contributed by atoms with Crippen molar-refractivity contribution < 1.29 is 18.3 Å². The minimum atomic E-state index is -3.96. The number of aromatic hydroxyl groups is 1. The molecule has 0 spiro atoms. The maximum atomic E-state index is 13.2. The molecule has 10 heteroatoms. The molecule has 0 bridgehead atoms. The Balaban J connectivity index is 1.84. The maximum absolute atomic E-state index is 13.2. The van der Waals surface area contributed by atoms with Crippen LogP contribution in [0.4, 0.5) is 5.69 Å². The molecular weight excluding hydrogens is 424 g/mol. The van der Waals surface area contributed by atoms with Crippen molar-refractivity contribution in [2.45, 2.75) is 21.9 Å². The number of phenols is 1. The van der Waals surface area contributed by atoms with Crippen LogP contribution in [-0.4, -0.2) is 35.8 Å². The van der Waals surface area contributed by atoms with Gasteiger partial charge in [0.1, 0.15) is 22.7 Å². The van der Waals surface area contributed by atoms with Crippen molar-refractivity contribution >= 4 is 38.2 Å². The molecular formula is C20H18N4O4S2. The topological polar surface area (TPSA) is 117 Å². The van der Waals surface area contributed by atoms with Crippen molar-refractivity contribution in [3.05, 3.63) is 60.4 Å². The van der Waals surface area contributed by atoms with Crippen LogP contribution in [0.2, 0.25) is 0 Å². The van der Waals surface area contributed by atoms with Gasteiger partial charge in [0, 0.05) is 10.8 Å². The van der Waals surface area contributed by atoms with E-state index in [4.69, 9.17) is 4.74 Å². The monoisotopic (exact) mass is 442 g/mol. The van der Waals surface area contributed by atoms with Crippen LogP contribution in [0.25, 0.3) is 10.8 Å². The third-order valence-electron chi connectivity index (χ3n) is 4.43. The summed E-state index contributed by atoms with van der Waals surface area (Å²) >= 11 is 1.14. The van der Waals surface area contributed by atoms with Gasteiger partial charge < -0.3 is 9.84 Å². The SMILES string of the molecule is COc1ccc(C)cc1S(=O)(=O)Nc1cc(Sc2ncn[nH]2)c(O)c2ccccc12. The normalized spacial score (nSPS) is 11.5. The van der Waals surface area contributed by atoms with E-state index >= 15 is 0 Å². The molecule has 0 aliphatic carbocycles. The number of ether oxygens (including phenoxy) is 1. The lowest BCUT2D eigenvalue weighted by molar-refractivity contribution is 0.402. The van der Waals surface area contributed by atoms with Crippen molar-refractivity contribution in [2.75, 3.05) is 11.8 Å². The third kappa shape index (κ3) is 3.79. The van der Waals surface area contributed by atoms with E-state index in [2.05, 4.69) is 19.9 Å². The average molecular weight is 443 g/mol. The minimum Gasteiger partial charge on any atom is -0.506 e. The lowest BCUT2D eigenvalue weighted by Gasteiger charge is -2.16. The standard InChI is InChI=1S/C20H18N4O4S2/c1-12-7-8-16(28-2)18(9-12)30(26,27)24-15-10-17(29-20-21-11-22-23-20)19(25)14-6-4-3-5-13(14)15/h3-11,24-25H,1-2H3,(H,21,22,23). The van der Waals surface area contributed by atoms with Crippen molar-refractivity contribution in [2.24, 2.45) is 0 Å². The van der Waals surface area contributed by atoms with Gasteiger partial charge in [-0.05, 0) is 42.4 Å². The van der Waals surface area contributed by atoms with Crippen LogP contribution in [0.3, 0.4) is 0 Å². The first kappa shape index (κ1) is 20.0. The third-order valence-corrected chi connectivity index (χ3v) is 6.74. The van der Waals surface area contributed by atoms with Crippen LogP contribution in [-0.2, 0) is 10.0 Å². The maximum Gasteiger partial charge on any atom is 0.265 e. The first-order chi connectivity index (χ1) is 14.4. The van der Waals surface area contributed by atoms with E-state index in [1.807, 2.05) is 0 Å². The highest BCUT2D eigenvalue weighted by atomic mass is 32.2. The van der Waals surface area contributed by atoms with Crippen molar-refractivity contribution in [3.63, 3.8) is 0 Å². The number of aromatic nitrogens is 3. The fourth-order valence-electron chi connectivity index (χ4n) is 3.04. The summed E-state index contributed by atoms with van der Waals surface area (Å²) in [6.07, 6.45) is 1.36. The van der Waals surface area contributed by atoms with Crippen molar-refractivity contribution in [1.82, 2.24) is 15.2 Å². The summed E-state index contributed by atoms with van der Waals surface area (Å²) in [5, 5.41) is 18.8. The summed E-state index contributed by atoms with van der Waals surface area (Å²) < 4.78 is 34.3. The second-order valence-corrected chi connectivity index (χ2v) is 9.15. The average Bonchev–Trinajstić information content (AvgIpc) is 3.24. The van der Waals surface area contributed by atoms with E-state index in [-0.39, 0.29) is 16.4 Å². The molecule has 1 aromatic heterocycles. The van der Waals surface area contributed by atoms with Crippen LogP contribution < -0.4 is 9.46 Å². The van der Waals surface area contributed by atoms with Crippen LogP contribution in [0.1, 0.15) is 5.56 Å². The van der Waals surface area contributed by atoms with Gasteiger partial charge in [0.25, 0.3) is 10.0 Å². The molecule has 1 heterocycles. The smallest absolute Gasteiger partial charge is 0.265 e. The van der Waals surface area contributed by atoms with Gasteiger partial charge in [0.05, 0.1) is 17.7 Å². The molecule has 0 atom stereocenters. The molecule has 30 heavy (non-hydrogen) atoms. The minimum absolute atomic E-state index is 0.0306. The van der Waals surface area contributed by atoms with Crippen LogP contribution in [0, 0.1) is 6.92 Å². The lowest BCUT2D eigenvalue weighted by Crippen LogP contribution is -2.14. The zero-order chi connectivity index (χ0) is 21.3. The van der Waals surface area contributed by atoms with Gasteiger partial charge >= 0.3 is 0 Å². The number of rotatable bonds is 6. The van der Waals surface area contributed by atoms with E-state index in [0.717, 1.165) is 17.3 Å². The first-order valence-corrected chi connectivity index (χ1v) is 11.1. The number of sulfonamides is 1. The number of phenolic OH excluding ortho intramolecular Hbond substituents is 1. The molecule has 0 aliphatic heterocycles. The number of H-pyrrole nitrogens is 1. The number of nitrogens with zero attached hydrogens (tertiary/aromatic N) is 2. The van der Waals surface area contributed by atoms with Crippen LogP contribution >= 0.6 is 11.8 Å². The van der Waals surface area contributed by atoms with E-state index in [0.29, 0.717) is 26.5 Å². The Morgan fingerprint density at radius 3 is 2.60 bits per heavy atom. The van der Waals surface area contributed by atoms with Gasteiger partial charge in [-0.25, -0.2) is 13.4 Å². The Morgan fingerprint density at radius 2 is 1.90 bits per heavy atom.